The number of nitrogens with zero attached hydrogens (tertiary/aromatic N) is 3. The molecule has 0 fully saturated rings. The van der Waals surface area contributed by atoms with E-state index in [-0.39, 0.29) is 18.3 Å². The molecule has 0 N–H and O–H groups in total. The number of unbranched alkanes of at least 4 members (excludes halogenated alkanes) is 1. The molecule has 0 spiro atoms. The second kappa shape index (κ2) is 10.6. The van der Waals surface area contributed by atoms with Gasteiger partial charge >= 0.3 is 0 Å². The topological polar surface area (TPSA) is 73.7 Å². The maximum absolute atomic E-state index is 14.0. The number of carbonyl (C=O) groups excluding carboxylic acids is 1. The summed E-state index contributed by atoms with van der Waals surface area (Å²) >= 11 is 6.15. The van der Waals surface area contributed by atoms with Crippen LogP contribution in [0.4, 0.5) is 0 Å². The molecule has 1 unspecified atom stereocenters. The van der Waals surface area contributed by atoms with Gasteiger partial charge in [0.15, 0.2) is 11.5 Å². The molecular formula is C29H28ClN3O4. The Labute approximate surface area is 220 Å². The number of carbonyl (C=O) groups is 1. The smallest absolute Gasteiger partial charge is 0.266 e. The Morgan fingerprint density at radius 2 is 1.81 bits per heavy atom. The van der Waals surface area contributed by atoms with E-state index in [4.69, 9.17) is 26.1 Å². The SMILES string of the molecule is CCCCN(C(=O)c1ccc2c(c1)OCO2)C(CC)c1nc2ccccc2c(=O)n1-c1ccc(Cl)cc1. The van der Waals surface area contributed by atoms with Crippen LogP contribution < -0.4 is 15.0 Å². The summed E-state index contributed by atoms with van der Waals surface area (Å²) in [5.74, 6) is 1.54. The molecule has 1 aliphatic heterocycles. The number of rotatable bonds is 8. The summed E-state index contributed by atoms with van der Waals surface area (Å²) in [6.45, 7) is 4.75. The van der Waals surface area contributed by atoms with Gasteiger partial charge in [-0.25, -0.2) is 4.98 Å². The largest absolute Gasteiger partial charge is 0.454 e. The van der Waals surface area contributed by atoms with Gasteiger partial charge in [0, 0.05) is 17.1 Å². The highest BCUT2D eigenvalue weighted by Crippen LogP contribution is 2.34. The molecule has 0 aliphatic carbocycles. The molecule has 2 heterocycles. The Balaban J connectivity index is 1.67. The fourth-order valence-electron chi connectivity index (χ4n) is 4.68. The molecule has 0 bridgehead atoms. The van der Waals surface area contributed by atoms with Crippen molar-refractivity contribution in [1.29, 1.82) is 0 Å². The first-order valence-electron chi connectivity index (χ1n) is 12.5. The molecule has 8 heteroatoms. The van der Waals surface area contributed by atoms with Crippen LogP contribution in [-0.4, -0.2) is 33.7 Å². The Kier molecular flexibility index (Phi) is 7.15. The Morgan fingerprint density at radius 3 is 2.57 bits per heavy atom. The first-order valence-corrected chi connectivity index (χ1v) is 12.9. The highest BCUT2D eigenvalue weighted by molar-refractivity contribution is 6.30. The van der Waals surface area contributed by atoms with Crippen molar-refractivity contribution in [2.24, 2.45) is 0 Å². The van der Waals surface area contributed by atoms with Crippen LogP contribution in [0.25, 0.3) is 16.6 Å². The molecule has 0 saturated carbocycles. The highest BCUT2D eigenvalue weighted by Gasteiger charge is 2.30. The number of para-hydroxylation sites is 1. The van der Waals surface area contributed by atoms with Crippen LogP contribution in [0.3, 0.4) is 0 Å². The lowest BCUT2D eigenvalue weighted by atomic mass is 10.1. The van der Waals surface area contributed by atoms with E-state index in [1.54, 1.807) is 53.1 Å². The summed E-state index contributed by atoms with van der Waals surface area (Å²) in [6, 6.07) is 19.2. The lowest BCUT2D eigenvalue weighted by Crippen LogP contribution is -2.39. The molecular weight excluding hydrogens is 490 g/mol. The quantitative estimate of drug-likeness (QED) is 0.280. The number of fused-ring (bicyclic) bond motifs is 2. The number of halogens is 1. The predicted molar refractivity (Wildman–Crippen MR) is 144 cm³/mol. The zero-order chi connectivity index (χ0) is 25.9. The van der Waals surface area contributed by atoms with Crippen LogP contribution in [-0.2, 0) is 0 Å². The van der Waals surface area contributed by atoms with Crippen molar-refractivity contribution in [3.8, 4) is 17.2 Å². The lowest BCUT2D eigenvalue weighted by Gasteiger charge is -2.32. The molecule has 3 aromatic carbocycles. The molecule has 4 aromatic rings. The number of hydrogen-bond donors (Lipinski definition) is 0. The van der Waals surface area contributed by atoms with Gasteiger partial charge in [-0.1, -0.05) is 44.0 Å². The summed E-state index contributed by atoms with van der Waals surface area (Å²) in [5, 5.41) is 1.08. The monoisotopic (exact) mass is 517 g/mol. The van der Waals surface area contributed by atoms with E-state index in [2.05, 4.69) is 6.92 Å². The summed E-state index contributed by atoms with van der Waals surface area (Å²) < 4.78 is 12.5. The van der Waals surface area contributed by atoms with E-state index in [1.807, 2.05) is 30.0 Å². The third kappa shape index (κ3) is 4.79. The minimum atomic E-state index is -0.447. The molecule has 0 saturated heterocycles. The fourth-order valence-corrected chi connectivity index (χ4v) is 4.80. The van der Waals surface area contributed by atoms with Gasteiger partial charge in [0.25, 0.3) is 11.5 Å². The van der Waals surface area contributed by atoms with E-state index in [9.17, 15) is 9.59 Å². The number of amides is 1. The Hall–Kier alpha value is -3.84. The fraction of sp³-hybridized carbons (Fsp3) is 0.276. The van der Waals surface area contributed by atoms with Crippen LogP contribution in [0, 0.1) is 0 Å². The summed E-state index contributed by atoms with van der Waals surface area (Å²) in [6.07, 6.45) is 2.29. The van der Waals surface area contributed by atoms with Crippen molar-refractivity contribution in [2.75, 3.05) is 13.3 Å². The van der Waals surface area contributed by atoms with Gasteiger partial charge in [0.2, 0.25) is 6.79 Å². The van der Waals surface area contributed by atoms with Crippen molar-refractivity contribution >= 4 is 28.4 Å². The minimum absolute atomic E-state index is 0.137. The predicted octanol–water partition coefficient (Wildman–Crippen LogP) is 6.16. The van der Waals surface area contributed by atoms with Crippen molar-refractivity contribution in [3.63, 3.8) is 0 Å². The van der Waals surface area contributed by atoms with Crippen LogP contribution in [0.5, 0.6) is 11.5 Å². The van der Waals surface area contributed by atoms with Gasteiger partial charge in [-0.3, -0.25) is 14.2 Å². The van der Waals surface area contributed by atoms with Crippen molar-refractivity contribution < 1.29 is 14.3 Å². The normalized spacial score (nSPS) is 13.1. The van der Waals surface area contributed by atoms with Crippen molar-refractivity contribution in [3.05, 3.63) is 93.5 Å². The van der Waals surface area contributed by atoms with Gasteiger partial charge in [-0.05, 0) is 67.4 Å². The van der Waals surface area contributed by atoms with Gasteiger partial charge in [-0.2, -0.15) is 0 Å². The zero-order valence-corrected chi connectivity index (χ0v) is 21.6. The number of benzene rings is 3. The average Bonchev–Trinajstić information content (AvgIpc) is 3.39. The van der Waals surface area contributed by atoms with Gasteiger partial charge in [0.1, 0.15) is 5.82 Å². The second-order valence-corrected chi connectivity index (χ2v) is 9.38. The van der Waals surface area contributed by atoms with E-state index in [0.717, 1.165) is 12.8 Å². The zero-order valence-electron chi connectivity index (χ0n) is 20.8. The molecule has 190 valence electrons. The molecule has 1 atom stereocenters. The van der Waals surface area contributed by atoms with E-state index >= 15 is 0 Å². The summed E-state index contributed by atoms with van der Waals surface area (Å²) in [7, 11) is 0. The second-order valence-electron chi connectivity index (χ2n) is 8.95. The van der Waals surface area contributed by atoms with Crippen molar-refractivity contribution in [1.82, 2.24) is 14.5 Å². The van der Waals surface area contributed by atoms with Gasteiger partial charge in [-0.15, -0.1) is 0 Å². The lowest BCUT2D eigenvalue weighted by molar-refractivity contribution is 0.0655. The van der Waals surface area contributed by atoms with Crippen LogP contribution in [0.2, 0.25) is 5.02 Å². The molecule has 1 aliphatic rings. The maximum Gasteiger partial charge on any atom is 0.266 e. The molecule has 1 aromatic heterocycles. The van der Waals surface area contributed by atoms with Gasteiger partial charge < -0.3 is 14.4 Å². The van der Waals surface area contributed by atoms with Crippen LogP contribution in [0.1, 0.15) is 55.3 Å². The molecule has 1 amide bonds. The van der Waals surface area contributed by atoms with Crippen molar-refractivity contribution in [2.45, 2.75) is 39.2 Å². The molecule has 7 nitrogen and oxygen atoms in total. The molecule has 37 heavy (non-hydrogen) atoms. The first kappa shape index (κ1) is 24.8. The number of aromatic nitrogens is 2. The van der Waals surface area contributed by atoms with Crippen LogP contribution >= 0.6 is 11.6 Å². The van der Waals surface area contributed by atoms with E-state index in [1.165, 1.54) is 0 Å². The Bertz CT molecular complexity index is 1500. The van der Waals surface area contributed by atoms with E-state index < -0.39 is 6.04 Å². The maximum atomic E-state index is 14.0. The summed E-state index contributed by atoms with van der Waals surface area (Å²) in [5.41, 5.74) is 1.55. The minimum Gasteiger partial charge on any atom is -0.454 e. The molecule has 5 rings (SSSR count). The van der Waals surface area contributed by atoms with E-state index in [0.29, 0.717) is 57.5 Å². The first-order chi connectivity index (χ1) is 18.0. The molecule has 0 radical (unpaired) electrons. The number of ether oxygens (including phenoxy) is 2. The highest BCUT2D eigenvalue weighted by atomic mass is 35.5. The Morgan fingerprint density at radius 1 is 1.05 bits per heavy atom. The standard InChI is InChI=1S/C29H28ClN3O4/c1-3-5-16-32(28(34)19-10-15-25-26(17-19)37-18-36-25)24(4-2)27-31-23-9-7-6-8-22(23)29(35)33(27)21-13-11-20(30)12-14-21/h6-15,17,24H,3-5,16,18H2,1-2H3. The number of hydrogen-bond acceptors (Lipinski definition) is 5. The third-order valence-electron chi connectivity index (χ3n) is 6.58. The van der Waals surface area contributed by atoms with Crippen LogP contribution in [0.15, 0.2) is 71.5 Å². The average molecular weight is 518 g/mol. The summed E-state index contributed by atoms with van der Waals surface area (Å²) in [4.78, 5) is 34.6. The third-order valence-corrected chi connectivity index (χ3v) is 6.83. The van der Waals surface area contributed by atoms with Gasteiger partial charge in [0.05, 0.1) is 22.6 Å².